The second-order valence-electron chi connectivity index (χ2n) is 6.68. The highest BCUT2D eigenvalue weighted by atomic mass is 16.5. The van der Waals surface area contributed by atoms with Crippen molar-refractivity contribution in [2.24, 2.45) is 0 Å². The first-order chi connectivity index (χ1) is 14.3. The fourth-order valence-corrected chi connectivity index (χ4v) is 3.39. The van der Waals surface area contributed by atoms with Gasteiger partial charge in [0, 0.05) is 27.9 Å². The number of nitrogens with one attached hydrogen (secondary N) is 1. The molecule has 5 rings (SSSR count). The molecule has 2 aromatic heterocycles. The average Bonchev–Trinajstić information content (AvgIpc) is 2.79. The minimum Gasteiger partial charge on any atom is -0.497 e. The third-order valence-electron chi connectivity index (χ3n) is 4.86. The van der Waals surface area contributed by atoms with Crippen LogP contribution in [0.3, 0.4) is 0 Å². The quantitative estimate of drug-likeness (QED) is 0.441. The van der Waals surface area contributed by atoms with Gasteiger partial charge in [-0.15, -0.1) is 0 Å². The molecule has 0 unspecified atom stereocenters. The van der Waals surface area contributed by atoms with Crippen molar-refractivity contribution in [1.82, 2.24) is 15.0 Å². The van der Waals surface area contributed by atoms with Crippen LogP contribution in [0, 0.1) is 0 Å². The van der Waals surface area contributed by atoms with E-state index in [1.807, 2.05) is 79.1 Å². The van der Waals surface area contributed by atoms with Gasteiger partial charge in [-0.2, -0.15) is 0 Å². The first-order valence-electron chi connectivity index (χ1n) is 9.33. The van der Waals surface area contributed by atoms with E-state index in [-0.39, 0.29) is 0 Å². The first kappa shape index (κ1) is 17.1. The van der Waals surface area contributed by atoms with Crippen molar-refractivity contribution in [1.29, 1.82) is 0 Å². The van der Waals surface area contributed by atoms with Crippen molar-refractivity contribution in [2.45, 2.75) is 0 Å². The molecule has 5 aromatic rings. The molecule has 3 aromatic carbocycles. The molecule has 0 fully saturated rings. The highest BCUT2D eigenvalue weighted by molar-refractivity contribution is 5.98. The van der Waals surface area contributed by atoms with Gasteiger partial charge < -0.3 is 10.1 Å². The fourth-order valence-electron chi connectivity index (χ4n) is 3.39. The van der Waals surface area contributed by atoms with E-state index >= 15 is 0 Å². The normalized spacial score (nSPS) is 10.9. The molecule has 0 bridgehead atoms. The molecule has 140 valence electrons. The number of benzene rings is 3. The number of hydrogen-bond acceptors (Lipinski definition) is 5. The van der Waals surface area contributed by atoms with E-state index in [2.05, 4.69) is 16.4 Å². The summed E-state index contributed by atoms with van der Waals surface area (Å²) >= 11 is 0. The van der Waals surface area contributed by atoms with Gasteiger partial charge in [0.1, 0.15) is 11.6 Å². The molecule has 5 nitrogen and oxygen atoms in total. The Hall–Kier alpha value is -3.99. The number of anilines is 2. The van der Waals surface area contributed by atoms with E-state index in [0.717, 1.165) is 38.7 Å². The van der Waals surface area contributed by atoms with Gasteiger partial charge in [-0.05, 0) is 18.2 Å². The third kappa shape index (κ3) is 3.23. The molecular formula is C24H18N4O. The van der Waals surface area contributed by atoms with Crippen molar-refractivity contribution in [3.8, 4) is 17.1 Å². The lowest BCUT2D eigenvalue weighted by molar-refractivity contribution is 0.415. The number of fused-ring (bicyclic) bond motifs is 2. The maximum Gasteiger partial charge on any atom is 0.162 e. The Kier molecular flexibility index (Phi) is 4.26. The van der Waals surface area contributed by atoms with Crippen LogP contribution in [0.15, 0.2) is 85.2 Å². The highest BCUT2D eigenvalue weighted by Crippen LogP contribution is 2.32. The van der Waals surface area contributed by atoms with Gasteiger partial charge in [0.25, 0.3) is 0 Å². The first-order valence-corrected chi connectivity index (χ1v) is 9.33. The van der Waals surface area contributed by atoms with Crippen LogP contribution in [0.2, 0.25) is 0 Å². The third-order valence-corrected chi connectivity index (χ3v) is 4.86. The fraction of sp³-hybridized carbons (Fsp3) is 0.0417. The lowest BCUT2D eigenvalue weighted by Gasteiger charge is -2.13. The summed E-state index contributed by atoms with van der Waals surface area (Å²) in [6.45, 7) is 0. The van der Waals surface area contributed by atoms with Gasteiger partial charge >= 0.3 is 0 Å². The SMILES string of the molecule is COc1ccc2nc(-c3ccccc3)nc(Nc3cncc4ccccc34)c2c1. The van der Waals surface area contributed by atoms with Crippen molar-refractivity contribution in [3.63, 3.8) is 0 Å². The van der Waals surface area contributed by atoms with Gasteiger partial charge in [0.2, 0.25) is 0 Å². The number of methoxy groups -OCH3 is 1. The van der Waals surface area contributed by atoms with E-state index in [4.69, 9.17) is 14.7 Å². The molecule has 2 heterocycles. The Morgan fingerprint density at radius 3 is 2.48 bits per heavy atom. The molecule has 0 saturated heterocycles. The second-order valence-corrected chi connectivity index (χ2v) is 6.68. The predicted octanol–water partition coefficient (Wildman–Crippen LogP) is 5.60. The molecule has 0 spiro atoms. The summed E-state index contributed by atoms with van der Waals surface area (Å²) in [5, 5.41) is 6.52. The maximum absolute atomic E-state index is 5.42. The summed E-state index contributed by atoms with van der Waals surface area (Å²) in [6, 6.07) is 23.9. The van der Waals surface area contributed by atoms with E-state index in [1.54, 1.807) is 7.11 Å². The zero-order chi connectivity index (χ0) is 19.6. The number of pyridine rings is 1. The smallest absolute Gasteiger partial charge is 0.162 e. The molecule has 0 amide bonds. The van der Waals surface area contributed by atoms with E-state index in [0.29, 0.717) is 11.6 Å². The van der Waals surface area contributed by atoms with Crippen LogP contribution < -0.4 is 10.1 Å². The van der Waals surface area contributed by atoms with Crippen molar-refractivity contribution < 1.29 is 4.74 Å². The lowest BCUT2D eigenvalue weighted by Crippen LogP contribution is -2.00. The predicted molar refractivity (Wildman–Crippen MR) is 117 cm³/mol. The van der Waals surface area contributed by atoms with Crippen LogP contribution in [-0.2, 0) is 0 Å². The Morgan fingerprint density at radius 1 is 0.793 bits per heavy atom. The van der Waals surface area contributed by atoms with Gasteiger partial charge in [-0.25, -0.2) is 9.97 Å². The molecule has 0 aliphatic heterocycles. The molecule has 0 radical (unpaired) electrons. The Balaban J connectivity index is 1.71. The van der Waals surface area contributed by atoms with Gasteiger partial charge in [-0.1, -0.05) is 54.6 Å². The van der Waals surface area contributed by atoms with Crippen molar-refractivity contribution >= 4 is 33.2 Å². The monoisotopic (exact) mass is 378 g/mol. The average molecular weight is 378 g/mol. The number of aromatic nitrogens is 3. The molecule has 1 N–H and O–H groups in total. The number of rotatable bonds is 4. The molecule has 5 heteroatoms. The van der Waals surface area contributed by atoms with Gasteiger partial charge in [0.15, 0.2) is 5.82 Å². The molecule has 0 saturated carbocycles. The molecular weight excluding hydrogens is 360 g/mol. The lowest BCUT2D eigenvalue weighted by atomic mass is 10.1. The van der Waals surface area contributed by atoms with Crippen LogP contribution >= 0.6 is 0 Å². The number of hydrogen-bond donors (Lipinski definition) is 1. The standard InChI is InChI=1S/C24H18N4O/c1-29-18-11-12-21-20(13-18)24(28-23(26-21)16-7-3-2-4-8-16)27-22-15-25-14-17-9-5-6-10-19(17)22/h2-15H,1H3,(H,26,27,28). The van der Waals surface area contributed by atoms with Gasteiger partial charge in [0.05, 0.1) is 24.5 Å². The summed E-state index contributed by atoms with van der Waals surface area (Å²) in [4.78, 5) is 14.0. The van der Waals surface area contributed by atoms with Crippen LogP contribution in [0.4, 0.5) is 11.5 Å². The largest absolute Gasteiger partial charge is 0.497 e. The summed E-state index contributed by atoms with van der Waals surface area (Å²) in [6.07, 6.45) is 3.68. The van der Waals surface area contributed by atoms with Crippen LogP contribution in [0.25, 0.3) is 33.1 Å². The molecule has 0 atom stereocenters. The Labute approximate surface area is 168 Å². The van der Waals surface area contributed by atoms with Crippen molar-refractivity contribution in [2.75, 3.05) is 12.4 Å². The highest BCUT2D eigenvalue weighted by Gasteiger charge is 2.12. The molecule has 0 aliphatic rings. The number of ether oxygens (including phenoxy) is 1. The van der Waals surface area contributed by atoms with Crippen LogP contribution in [0.5, 0.6) is 5.75 Å². The number of nitrogens with zero attached hydrogens (tertiary/aromatic N) is 3. The maximum atomic E-state index is 5.42. The minimum atomic E-state index is 0.666. The van der Waals surface area contributed by atoms with Crippen LogP contribution in [-0.4, -0.2) is 22.1 Å². The van der Waals surface area contributed by atoms with Crippen molar-refractivity contribution in [3.05, 3.63) is 85.2 Å². The summed E-state index contributed by atoms with van der Waals surface area (Å²) in [5.74, 6) is 2.14. The topological polar surface area (TPSA) is 59.9 Å². The summed E-state index contributed by atoms with van der Waals surface area (Å²) in [5.41, 5.74) is 2.70. The van der Waals surface area contributed by atoms with E-state index in [9.17, 15) is 0 Å². The van der Waals surface area contributed by atoms with E-state index < -0.39 is 0 Å². The van der Waals surface area contributed by atoms with E-state index in [1.165, 1.54) is 0 Å². The van der Waals surface area contributed by atoms with Crippen LogP contribution in [0.1, 0.15) is 0 Å². The Bertz CT molecular complexity index is 1310. The zero-order valence-electron chi connectivity index (χ0n) is 15.8. The van der Waals surface area contributed by atoms with Gasteiger partial charge in [-0.3, -0.25) is 4.98 Å². The summed E-state index contributed by atoms with van der Waals surface area (Å²) < 4.78 is 5.42. The molecule has 29 heavy (non-hydrogen) atoms. The summed E-state index contributed by atoms with van der Waals surface area (Å²) in [7, 11) is 1.65. The molecule has 0 aliphatic carbocycles. The second kappa shape index (κ2) is 7.20. The zero-order valence-corrected chi connectivity index (χ0v) is 15.8. The Morgan fingerprint density at radius 2 is 1.62 bits per heavy atom. The minimum absolute atomic E-state index is 0.666.